The quantitative estimate of drug-likeness (QED) is 0.542. The van der Waals surface area contributed by atoms with E-state index in [1.54, 1.807) is 0 Å². The normalized spacial score (nSPS) is 10.8. The smallest absolute Gasteiger partial charge is 0.124 e. The maximum absolute atomic E-state index is 7.69. The number of hydrogen-bond acceptors (Lipinski definition) is 2. The average molecular weight is 250 g/mol. The molecule has 3 N–H and O–H groups in total. The van der Waals surface area contributed by atoms with Crippen LogP contribution in [0.25, 0.3) is 16.6 Å². The molecule has 1 aromatic heterocycles. The molecule has 0 bridgehead atoms. The minimum absolute atomic E-state index is 0.0505. The SMILES string of the molecule is Cc1ccc(C(=N)N)c(-n2ncc3ccccc32)c1. The molecule has 0 saturated heterocycles. The van der Waals surface area contributed by atoms with Gasteiger partial charge < -0.3 is 5.73 Å². The van der Waals surface area contributed by atoms with E-state index >= 15 is 0 Å². The van der Waals surface area contributed by atoms with Crippen molar-refractivity contribution in [2.45, 2.75) is 6.92 Å². The van der Waals surface area contributed by atoms with Gasteiger partial charge in [0.25, 0.3) is 0 Å². The number of aromatic nitrogens is 2. The Balaban J connectivity index is 2.32. The van der Waals surface area contributed by atoms with E-state index in [2.05, 4.69) is 5.10 Å². The van der Waals surface area contributed by atoms with Gasteiger partial charge in [-0.05, 0) is 30.7 Å². The minimum Gasteiger partial charge on any atom is -0.384 e. The lowest BCUT2D eigenvalue weighted by molar-refractivity contribution is 0.906. The molecule has 0 unspecified atom stereocenters. The van der Waals surface area contributed by atoms with Gasteiger partial charge in [-0.2, -0.15) is 5.10 Å². The largest absolute Gasteiger partial charge is 0.384 e. The zero-order chi connectivity index (χ0) is 13.4. The Labute approximate surface area is 111 Å². The van der Waals surface area contributed by atoms with Crippen LogP contribution >= 0.6 is 0 Å². The monoisotopic (exact) mass is 250 g/mol. The van der Waals surface area contributed by atoms with E-state index in [0.29, 0.717) is 5.56 Å². The Hall–Kier alpha value is -2.62. The number of hydrogen-bond donors (Lipinski definition) is 2. The standard InChI is InChI=1S/C15H14N4/c1-10-6-7-12(15(16)17)14(8-10)19-13-5-3-2-4-11(13)9-18-19/h2-9H,1H3,(H3,16,17). The number of benzene rings is 2. The molecule has 3 rings (SSSR count). The van der Waals surface area contributed by atoms with Crippen molar-refractivity contribution in [3.63, 3.8) is 0 Å². The van der Waals surface area contributed by atoms with Crippen LogP contribution in [0.5, 0.6) is 0 Å². The van der Waals surface area contributed by atoms with E-state index in [-0.39, 0.29) is 5.84 Å². The summed E-state index contributed by atoms with van der Waals surface area (Å²) in [6.45, 7) is 2.01. The molecule has 4 nitrogen and oxygen atoms in total. The third kappa shape index (κ3) is 1.87. The molecule has 0 aliphatic rings. The Morgan fingerprint density at radius 1 is 1.21 bits per heavy atom. The summed E-state index contributed by atoms with van der Waals surface area (Å²) in [5, 5.41) is 13.2. The summed E-state index contributed by atoms with van der Waals surface area (Å²) >= 11 is 0. The molecule has 0 atom stereocenters. The Kier molecular flexibility index (Phi) is 2.56. The minimum atomic E-state index is 0.0505. The molecule has 94 valence electrons. The lowest BCUT2D eigenvalue weighted by atomic mass is 10.1. The lowest BCUT2D eigenvalue weighted by Crippen LogP contribution is -2.15. The molecule has 0 fully saturated rings. The molecule has 4 heteroatoms. The van der Waals surface area contributed by atoms with Crippen molar-refractivity contribution in [1.29, 1.82) is 5.41 Å². The fourth-order valence-corrected chi connectivity index (χ4v) is 2.21. The van der Waals surface area contributed by atoms with Gasteiger partial charge in [0, 0.05) is 10.9 Å². The first-order chi connectivity index (χ1) is 9.16. The maximum Gasteiger partial charge on any atom is 0.124 e. The van der Waals surface area contributed by atoms with Gasteiger partial charge in [-0.1, -0.05) is 24.3 Å². The summed E-state index contributed by atoms with van der Waals surface area (Å²) in [4.78, 5) is 0. The van der Waals surface area contributed by atoms with Gasteiger partial charge >= 0.3 is 0 Å². The van der Waals surface area contributed by atoms with Crippen molar-refractivity contribution in [2.24, 2.45) is 5.73 Å². The average Bonchev–Trinajstić information content (AvgIpc) is 2.82. The maximum atomic E-state index is 7.69. The zero-order valence-corrected chi connectivity index (χ0v) is 10.6. The molecule has 0 saturated carbocycles. The lowest BCUT2D eigenvalue weighted by Gasteiger charge is -2.10. The number of nitrogens with one attached hydrogen (secondary N) is 1. The predicted octanol–water partition coefficient (Wildman–Crippen LogP) is 2.62. The van der Waals surface area contributed by atoms with E-state index < -0.39 is 0 Å². The summed E-state index contributed by atoms with van der Waals surface area (Å²) in [6, 6.07) is 13.8. The fourth-order valence-electron chi connectivity index (χ4n) is 2.21. The summed E-state index contributed by atoms with van der Waals surface area (Å²) in [5.41, 5.74) is 9.31. The number of amidine groups is 1. The number of fused-ring (bicyclic) bond motifs is 1. The van der Waals surface area contributed by atoms with Crippen LogP contribution in [-0.2, 0) is 0 Å². The van der Waals surface area contributed by atoms with Gasteiger partial charge in [0.05, 0.1) is 17.4 Å². The van der Waals surface area contributed by atoms with Crippen LogP contribution in [0.3, 0.4) is 0 Å². The number of para-hydroxylation sites is 1. The molecule has 19 heavy (non-hydrogen) atoms. The first-order valence-electron chi connectivity index (χ1n) is 6.05. The van der Waals surface area contributed by atoms with Crippen LogP contribution in [0.15, 0.2) is 48.7 Å². The van der Waals surface area contributed by atoms with Crippen LogP contribution in [0.1, 0.15) is 11.1 Å². The summed E-state index contributed by atoms with van der Waals surface area (Å²) in [6.07, 6.45) is 1.82. The van der Waals surface area contributed by atoms with Crippen molar-refractivity contribution in [3.05, 3.63) is 59.8 Å². The number of nitrogens with two attached hydrogens (primary N) is 1. The molecular weight excluding hydrogens is 236 g/mol. The molecular formula is C15H14N4. The Morgan fingerprint density at radius 2 is 2.00 bits per heavy atom. The molecule has 0 aliphatic carbocycles. The van der Waals surface area contributed by atoms with E-state index in [1.165, 1.54) is 0 Å². The van der Waals surface area contributed by atoms with Gasteiger partial charge in [0.2, 0.25) is 0 Å². The summed E-state index contributed by atoms with van der Waals surface area (Å²) < 4.78 is 1.83. The number of aryl methyl sites for hydroxylation is 1. The summed E-state index contributed by atoms with van der Waals surface area (Å²) in [5.74, 6) is 0.0505. The highest BCUT2D eigenvalue weighted by Crippen LogP contribution is 2.21. The van der Waals surface area contributed by atoms with E-state index in [1.807, 2.05) is 60.3 Å². The fraction of sp³-hybridized carbons (Fsp3) is 0.0667. The predicted molar refractivity (Wildman–Crippen MR) is 76.8 cm³/mol. The second-order valence-corrected chi connectivity index (χ2v) is 4.55. The third-order valence-corrected chi connectivity index (χ3v) is 3.15. The van der Waals surface area contributed by atoms with E-state index in [9.17, 15) is 0 Å². The third-order valence-electron chi connectivity index (χ3n) is 3.15. The van der Waals surface area contributed by atoms with Gasteiger partial charge in [-0.15, -0.1) is 0 Å². The van der Waals surface area contributed by atoms with E-state index in [0.717, 1.165) is 22.2 Å². The van der Waals surface area contributed by atoms with Crippen molar-refractivity contribution in [2.75, 3.05) is 0 Å². The first-order valence-corrected chi connectivity index (χ1v) is 6.05. The van der Waals surface area contributed by atoms with E-state index in [4.69, 9.17) is 11.1 Å². The number of nitrogens with zero attached hydrogens (tertiary/aromatic N) is 2. The van der Waals surface area contributed by atoms with Crippen molar-refractivity contribution in [3.8, 4) is 5.69 Å². The van der Waals surface area contributed by atoms with Crippen LogP contribution in [-0.4, -0.2) is 15.6 Å². The van der Waals surface area contributed by atoms with Crippen molar-refractivity contribution >= 4 is 16.7 Å². The van der Waals surface area contributed by atoms with Crippen LogP contribution in [0.2, 0.25) is 0 Å². The van der Waals surface area contributed by atoms with Gasteiger partial charge in [-0.3, -0.25) is 5.41 Å². The first kappa shape index (κ1) is 11.5. The molecule has 0 amide bonds. The second kappa shape index (κ2) is 4.24. The van der Waals surface area contributed by atoms with Crippen molar-refractivity contribution < 1.29 is 0 Å². The van der Waals surface area contributed by atoms with Crippen LogP contribution in [0.4, 0.5) is 0 Å². The topological polar surface area (TPSA) is 67.7 Å². The van der Waals surface area contributed by atoms with Crippen LogP contribution in [0, 0.1) is 12.3 Å². The number of nitrogen functional groups attached to an aromatic ring is 1. The van der Waals surface area contributed by atoms with Crippen LogP contribution < -0.4 is 5.73 Å². The van der Waals surface area contributed by atoms with Crippen molar-refractivity contribution in [1.82, 2.24) is 9.78 Å². The molecule has 3 aromatic rings. The van der Waals surface area contributed by atoms with Gasteiger partial charge in [-0.25, -0.2) is 4.68 Å². The highest BCUT2D eigenvalue weighted by molar-refractivity contribution is 5.99. The second-order valence-electron chi connectivity index (χ2n) is 4.55. The summed E-state index contributed by atoms with van der Waals surface area (Å²) in [7, 11) is 0. The van der Waals surface area contributed by atoms with Gasteiger partial charge in [0.1, 0.15) is 5.84 Å². The van der Waals surface area contributed by atoms with Gasteiger partial charge in [0.15, 0.2) is 0 Å². The number of rotatable bonds is 2. The Bertz CT molecular complexity index is 771. The molecule has 1 heterocycles. The highest BCUT2D eigenvalue weighted by Gasteiger charge is 2.11. The molecule has 0 spiro atoms. The highest BCUT2D eigenvalue weighted by atomic mass is 15.3. The Morgan fingerprint density at radius 3 is 2.79 bits per heavy atom. The molecule has 2 aromatic carbocycles. The molecule has 0 radical (unpaired) electrons. The zero-order valence-electron chi connectivity index (χ0n) is 10.6. The molecule has 0 aliphatic heterocycles.